The Labute approximate surface area is 138 Å². The molecule has 0 aliphatic heterocycles. The number of rotatable bonds is 4. The number of nitrogens with zero attached hydrogens (tertiary/aromatic N) is 1. The van der Waals surface area contributed by atoms with E-state index in [1.54, 1.807) is 0 Å². The van der Waals surface area contributed by atoms with Crippen molar-refractivity contribution in [2.24, 2.45) is 5.92 Å². The zero-order valence-electron chi connectivity index (χ0n) is 13.7. The molecule has 1 fully saturated rings. The van der Waals surface area contributed by atoms with Crippen molar-refractivity contribution in [2.45, 2.75) is 45.1 Å². The molecule has 2 nitrogen and oxygen atoms in total. The molecule has 0 saturated heterocycles. The highest BCUT2D eigenvalue weighted by Gasteiger charge is 2.21. The van der Waals surface area contributed by atoms with E-state index in [1.165, 1.54) is 32.1 Å². The van der Waals surface area contributed by atoms with Crippen LogP contribution in [0.15, 0.2) is 48.5 Å². The van der Waals surface area contributed by atoms with Crippen molar-refractivity contribution in [3.05, 3.63) is 54.1 Å². The summed E-state index contributed by atoms with van der Waals surface area (Å²) in [5.74, 6) is 1.86. The van der Waals surface area contributed by atoms with E-state index in [9.17, 15) is 0 Å². The van der Waals surface area contributed by atoms with Crippen molar-refractivity contribution in [3.63, 3.8) is 0 Å². The number of ether oxygens (including phenoxy) is 1. The number of nitriles is 1. The molecule has 0 atom stereocenters. The second kappa shape index (κ2) is 7.33. The highest BCUT2D eigenvalue weighted by atomic mass is 16.5. The molecule has 0 amide bonds. The summed E-state index contributed by atoms with van der Waals surface area (Å²) < 4.78 is 6.13. The Morgan fingerprint density at radius 3 is 2.00 bits per heavy atom. The van der Waals surface area contributed by atoms with E-state index in [4.69, 9.17) is 10.00 Å². The third-order valence-corrected chi connectivity index (χ3v) is 4.88. The van der Waals surface area contributed by atoms with Crippen molar-refractivity contribution >= 4 is 0 Å². The highest BCUT2D eigenvalue weighted by molar-refractivity contribution is 5.64. The Morgan fingerprint density at radius 2 is 1.48 bits per heavy atom. The fraction of sp³-hybridized carbons (Fsp3) is 0.381. The Balaban J connectivity index is 1.62. The maximum atomic E-state index is 8.86. The lowest BCUT2D eigenvalue weighted by molar-refractivity contribution is 0.130. The monoisotopic (exact) mass is 305 g/mol. The Morgan fingerprint density at radius 1 is 0.913 bits per heavy atom. The molecule has 2 aromatic carbocycles. The van der Waals surface area contributed by atoms with E-state index in [0.717, 1.165) is 22.8 Å². The van der Waals surface area contributed by atoms with E-state index >= 15 is 0 Å². The number of hydrogen-bond donors (Lipinski definition) is 0. The predicted molar refractivity (Wildman–Crippen MR) is 93.3 cm³/mol. The molecule has 118 valence electrons. The average molecular weight is 305 g/mol. The summed E-state index contributed by atoms with van der Waals surface area (Å²) in [5.41, 5.74) is 2.96. The highest BCUT2D eigenvalue weighted by Crippen LogP contribution is 2.30. The summed E-state index contributed by atoms with van der Waals surface area (Å²) in [6, 6.07) is 18.1. The molecule has 1 aliphatic carbocycles. The van der Waals surface area contributed by atoms with Gasteiger partial charge in [0.2, 0.25) is 0 Å². The summed E-state index contributed by atoms with van der Waals surface area (Å²) in [4.78, 5) is 0. The molecular formula is C21H23NO. The van der Waals surface area contributed by atoms with E-state index in [-0.39, 0.29) is 0 Å². The molecule has 2 heteroatoms. The van der Waals surface area contributed by atoms with E-state index in [0.29, 0.717) is 11.7 Å². The van der Waals surface area contributed by atoms with Crippen molar-refractivity contribution in [1.29, 1.82) is 5.26 Å². The maximum absolute atomic E-state index is 8.86. The average Bonchev–Trinajstić information content (AvgIpc) is 2.63. The van der Waals surface area contributed by atoms with Crippen LogP contribution in [0.2, 0.25) is 0 Å². The van der Waals surface area contributed by atoms with Crippen LogP contribution in [0.1, 0.15) is 44.6 Å². The van der Waals surface area contributed by atoms with Gasteiger partial charge in [-0.3, -0.25) is 0 Å². The molecule has 0 aromatic heterocycles. The van der Waals surface area contributed by atoms with Crippen molar-refractivity contribution in [2.75, 3.05) is 0 Å². The van der Waals surface area contributed by atoms with Crippen LogP contribution in [-0.4, -0.2) is 6.10 Å². The van der Waals surface area contributed by atoms with Gasteiger partial charge in [0.05, 0.1) is 17.7 Å². The van der Waals surface area contributed by atoms with Gasteiger partial charge in [-0.15, -0.1) is 0 Å². The van der Waals surface area contributed by atoms with Gasteiger partial charge in [0.15, 0.2) is 0 Å². The molecule has 0 bridgehead atoms. The fourth-order valence-electron chi connectivity index (χ4n) is 3.31. The topological polar surface area (TPSA) is 33.0 Å². The number of benzene rings is 2. The fourth-order valence-corrected chi connectivity index (χ4v) is 3.31. The Hall–Kier alpha value is -2.27. The third-order valence-electron chi connectivity index (χ3n) is 4.88. The third kappa shape index (κ3) is 3.93. The van der Waals surface area contributed by atoms with Crippen LogP contribution in [0.4, 0.5) is 0 Å². The van der Waals surface area contributed by atoms with Crippen molar-refractivity contribution < 1.29 is 4.74 Å². The molecular weight excluding hydrogens is 282 g/mol. The summed E-state index contributed by atoms with van der Waals surface area (Å²) in [6.07, 6.45) is 6.62. The van der Waals surface area contributed by atoms with E-state index < -0.39 is 0 Å². The molecule has 0 N–H and O–H groups in total. The normalized spacial score (nSPS) is 20.7. The second-order valence-corrected chi connectivity index (χ2v) is 6.38. The lowest BCUT2D eigenvalue weighted by Gasteiger charge is -2.28. The second-order valence-electron chi connectivity index (χ2n) is 6.38. The van der Waals surface area contributed by atoms with Gasteiger partial charge in [0, 0.05) is 0 Å². The van der Waals surface area contributed by atoms with Crippen LogP contribution < -0.4 is 4.74 Å². The molecule has 0 heterocycles. The Kier molecular flexibility index (Phi) is 4.98. The van der Waals surface area contributed by atoms with Gasteiger partial charge < -0.3 is 4.74 Å². The van der Waals surface area contributed by atoms with Crippen LogP contribution in [0, 0.1) is 17.2 Å². The van der Waals surface area contributed by atoms with Gasteiger partial charge in [0.25, 0.3) is 0 Å². The first kappa shape index (κ1) is 15.6. The van der Waals surface area contributed by atoms with Crippen molar-refractivity contribution in [1.82, 2.24) is 0 Å². The molecule has 2 aromatic rings. The SMILES string of the molecule is CCC1CCC(Oc2ccc(-c3ccc(C#N)cc3)cc2)CC1. The molecule has 1 saturated carbocycles. The summed E-state index contributed by atoms with van der Waals surface area (Å²) in [5, 5.41) is 8.86. The van der Waals surface area contributed by atoms with E-state index in [2.05, 4.69) is 37.3 Å². The van der Waals surface area contributed by atoms with Gasteiger partial charge >= 0.3 is 0 Å². The summed E-state index contributed by atoms with van der Waals surface area (Å²) >= 11 is 0. The lowest BCUT2D eigenvalue weighted by Crippen LogP contribution is -2.23. The van der Waals surface area contributed by atoms with E-state index in [1.807, 2.05) is 24.3 Å². The van der Waals surface area contributed by atoms with Gasteiger partial charge in [-0.1, -0.05) is 37.6 Å². The van der Waals surface area contributed by atoms with Crippen LogP contribution >= 0.6 is 0 Å². The molecule has 0 unspecified atom stereocenters. The van der Waals surface area contributed by atoms with Crippen LogP contribution in [-0.2, 0) is 0 Å². The largest absolute Gasteiger partial charge is 0.490 e. The first-order valence-corrected chi connectivity index (χ1v) is 8.55. The zero-order chi connectivity index (χ0) is 16.1. The maximum Gasteiger partial charge on any atom is 0.119 e. The standard InChI is InChI=1S/C21H23NO/c1-2-16-5-11-20(12-6-16)23-21-13-9-19(10-14-21)18-7-3-17(15-22)4-8-18/h3-4,7-10,13-14,16,20H,2,5-6,11-12H2,1H3. The minimum atomic E-state index is 0.374. The first-order valence-electron chi connectivity index (χ1n) is 8.55. The van der Waals surface area contributed by atoms with Gasteiger partial charge in [-0.05, 0) is 67.0 Å². The molecule has 3 rings (SSSR count). The summed E-state index contributed by atoms with van der Waals surface area (Å²) in [7, 11) is 0. The molecule has 0 radical (unpaired) electrons. The first-order chi connectivity index (χ1) is 11.3. The Bertz CT molecular complexity index is 658. The zero-order valence-corrected chi connectivity index (χ0v) is 13.7. The van der Waals surface area contributed by atoms with Crippen molar-refractivity contribution in [3.8, 4) is 22.9 Å². The predicted octanol–water partition coefficient (Wildman–Crippen LogP) is 5.57. The molecule has 23 heavy (non-hydrogen) atoms. The minimum absolute atomic E-state index is 0.374. The quantitative estimate of drug-likeness (QED) is 0.739. The smallest absolute Gasteiger partial charge is 0.119 e. The van der Waals surface area contributed by atoms with Crippen LogP contribution in [0.5, 0.6) is 5.75 Å². The number of hydrogen-bond acceptors (Lipinski definition) is 2. The molecule has 1 aliphatic rings. The van der Waals surface area contributed by atoms with Crippen LogP contribution in [0.25, 0.3) is 11.1 Å². The van der Waals surface area contributed by atoms with Gasteiger partial charge in [0.1, 0.15) is 5.75 Å². The minimum Gasteiger partial charge on any atom is -0.490 e. The van der Waals surface area contributed by atoms with Gasteiger partial charge in [-0.2, -0.15) is 5.26 Å². The molecule has 0 spiro atoms. The summed E-state index contributed by atoms with van der Waals surface area (Å²) in [6.45, 7) is 2.29. The lowest BCUT2D eigenvalue weighted by atomic mass is 9.86. The van der Waals surface area contributed by atoms with Crippen LogP contribution in [0.3, 0.4) is 0 Å². The van der Waals surface area contributed by atoms with Gasteiger partial charge in [-0.25, -0.2) is 0 Å².